The third-order valence-corrected chi connectivity index (χ3v) is 6.21. The monoisotopic (exact) mass is 334 g/mol. The van der Waals surface area contributed by atoms with Gasteiger partial charge in [0.25, 0.3) is 5.91 Å². The van der Waals surface area contributed by atoms with Gasteiger partial charge in [-0.3, -0.25) is 9.59 Å². The van der Waals surface area contributed by atoms with Crippen LogP contribution in [0, 0.1) is 5.92 Å². The van der Waals surface area contributed by atoms with Gasteiger partial charge in [-0.2, -0.15) is 0 Å². The number of thiophene rings is 1. The Morgan fingerprint density at radius 2 is 2.09 bits per heavy atom. The van der Waals surface area contributed by atoms with Gasteiger partial charge in [0.15, 0.2) is 0 Å². The molecular weight excluding hydrogens is 308 g/mol. The topological polar surface area (TPSA) is 49.4 Å². The molecule has 126 valence electrons. The average molecular weight is 334 g/mol. The van der Waals surface area contributed by atoms with E-state index in [9.17, 15) is 9.59 Å². The van der Waals surface area contributed by atoms with Gasteiger partial charge in [-0.1, -0.05) is 13.3 Å². The number of nitrogens with zero attached hydrogens (tertiary/aromatic N) is 1. The van der Waals surface area contributed by atoms with E-state index in [0.29, 0.717) is 12.5 Å². The Kier molecular flexibility index (Phi) is 5.05. The Bertz CT molecular complexity index is 572. The van der Waals surface area contributed by atoms with Gasteiger partial charge in [0.1, 0.15) is 0 Å². The zero-order valence-electron chi connectivity index (χ0n) is 14.1. The minimum Gasteiger partial charge on any atom is -0.351 e. The molecule has 0 spiro atoms. The molecule has 1 saturated heterocycles. The van der Waals surface area contributed by atoms with Crippen molar-refractivity contribution in [1.29, 1.82) is 0 Å². The van der Waals surface area contributed by atoms with Crippen LogP contribution >= 0.6 is 11.3 Å². The predicted molar refractivity (Wildman–Crippen MR) is 92.9 cm³/mol. The number of likely N-dealkylation sites (tertiary alicyclic amines) is 1. The molecule has 4 nitrogen and oxygen atoms in total. The summed E-state index contributed by atoms with van der Waals surface area (Å²) < 4.78 is 0. The lowest BCUT2D eigenvalue weighted by Gasteiger charge is -2.17. The minimum absolute atomic E-state index is 0.00279. The van der Waals surface area contributed by atoms with Crippen molar-refractivity contribution in [2.75, 3.05) is 13.1 Å². The van der Waals surface area contributed by atoms with E-state index in [2.05, 4.69) is 18.3 Å². The molecule has 1 fully saturated rings. The number of hydrogen-bond donors (Lipinski definition) is 1. The first-order valence-corrected chi connectivity index (χ1v) is 9.58. The number of rotatable bonds is 4. The maximum atomic E-state index is 12.9. The van der Waals surface area contributed by atoms with Gasteiger partial charge in [-0.05, 0) is 49.7 Å². The van der Waals surface area contributed by atoms with Crippen molar-refractivity contribution in [2.24, 2.45) is 5.92 Å². The van der Waals surface area contributed by atoms with Crippen LogP contribution in [0.5, 0.6) is 0 Å². The molecule has 2 aliphatic rings. The highest BCUT2D eigenvalue weighted by atomic mass is 32.1. The molecule has 3 rings (SSSR count). The summed E-state index contributed by atoms with van der Waals surface area (Å²) in [4.78, 5) is 28.5. The highest BCUT2D eigenvalue weighted by Crippen LogP contribution is 2.32. The molecular formula is C18H26N2O2S. The third kappa shape index (κ3) is 3.60. The van der Waals surface area contributed by atoms with Crippen LogP contribution in [0.1, 0.15) is 59.6 Å². The molecule has 0 radical (unpaired) electrons. The summed E-state index contributed by atoms with van der Waals surface area (Å²) in [5, 5.41) is 3.03. The van der Waals surface area contributed by atoms with E-state index < -0.39 is 0 Å². The van der Waals surface area contributed by atoms with Gasteiger partial charge < -0.3 is 10.2 Å². The summed E-state index contributed by atoms with van der Waals surface area (Å²) in [6.45, 7) is 5.12. The molecule has 23 heavy (non-hydrogen) atoms. The molecule has 0 bridgehead atoms. The maximum Gasteiger partial charge on any atom is 0.264 e. The second-order valence-corrected chi connectivity index (χ2v) is 7.97. The van der Waals surface area contributed by atoms with E-state index in [1.54, 1.807) is 18.3 Å². The van der Waals surface area contributed by atoms with Crippen LogP contribution in [-0.2, 0) is 17.6 Å². The van der Waals surface area contributed by atoms with Crippen molar-refractivity contribution in [3.05, 3.63) is 21.4 Å². The zero-order chi connectivity index (χ0) is 16.4. The Balaban J connectivity index is 1.72. The van der Waals surface area contributed by atoms with Crippen LogP contribution in [0.4, 0.5) is 0 Å². The van der Waals surface area contributed by atoms with Gasteiger partial charge >= 0.3 is 0 Å². The predicted octanol–water partition coefficient (Wildman–Crippen LogP) is 3.00. The first-order valence-electron chi connectivity index (χ1n) is 8.76. The second kappa shape index (κ2) is 7.04. The number of nitrogens with one attached hydrogen (secondary N) is 1. The lowest BCUT2D eigenvalue weighted by Crippen LogP contribution is -2.39. The summed E-state index contributed by atoms with van der Waals surface area (Å²) in [5.74, 6) is 0.526. The number of hydrogen-bond acceptors (Lipinski definition) is 3. The van der Waals surface area contributed by atoms with Crippen molar-refractivity contribution in [1.82, 2.24) is 10.2 Å². The second-order valence-electron chi connectivity index (χ2n) is 6.83. The molecule has 1 aromatic rings. The van der Waals surface area contributed by atoms with Crippen molar-refractivity contribution in [3.63, 3.8) is 0 Å². The van der Waals surface area contributed by atoms with Crippen LogP contribution < -0.4 is 5.32 Å². The summed E-state index contributed by atoms with van der Waals surface area (Å²) >= 11 is 1.68. The standard InChI is InChI=1S/C18H26N2O2S/c1-3-6-14-10-20(11-15(14)19-12(2)21)18(22)17-9-13-7-4-5-8-16(13)23-17/h9,14-15H,3-8,10-11H2,1-2H3,(H,19,21). The van der Waals surface area contributed by atoms with E-state index in [1.165, 1.54) is 23.3 Å². The fourth-order valence-corrected chi connectivity index (χ4v) is 5.10. The first kappa shape index (κ1) is 16.5. The number of carbonyl (C=O) groups is 2. The molecule has 1 aliphatic heterocycles. The molecule has 0 saturated carbocycles. The van der Waals surface area contributed by atoms with Crippen molar-refractivity contribution in [3.8, 4) is 0 Å². The zero-order valence-corrected chi connectivity index (χ0v) is 14.9. The van der Waals surface area contributed by atoms with E-state index in [4.69, 9.17) is 0 Å². The molecule has 1 aromatic heterocycles. The van der Waals surface area contributed by atoms with E-state index >= 15 is 0 Å². The normalized spacial score (nSPS) is 23.7. The number of carbonyl (C=O) groups excluding carboxylic acids is 2. The number of aryl methyl sites for hydroxylation is 2. The number of fused-ring (bicyclic) bond motifs is 1. The lowest BCUT2D eigenvalue weighted by atomic mass is 9.98. The quantitative estimate of drug-likeness (QED) is 0.920. The smallest absolute Gasteiger partial charge is 0.264 e. The minimum atomic E-state index is -0.00279. The largest absolute Gasteiger partial charge is 0.351 e. The molecule has 5 heteroatoms. The van der Waals surface area contributed by atoms with E-state index in [0.717, 1.165) is 37.1 Å². The Hall–Kier alpha value is -1.36. The molecule has 2 unspecified atom stereocenters. The van der Waals surface area contributed by atoms with E-state index in [-0.39, 0.29) is 17.9 Å². The lowest BCUT2D eigenvalue weighted by molar-refractivity contribution is -0.119. The van der Waals surface area contributed by atoms with Crippen molar-refractivity contribution < 1.29 is 9.59 Å². The van der Waals surface area contributed by atoms with Crippen molar-refractivity contribution >= 4 is 23.2 Å². The van der Waals surface area contributed by atoms with Gasteiger partial charge in [0.05, 0.1) is 10.9 Å². The molecule has 0 aromatic carbocycles. The molecule has 2 heterocycles. The molecule has 1 aliphatic carbocycles. The average Bonchev–Trinajstić information content (AvgIpc) is 3.11. The van der Waals surface area contributed by atoms with Crippen LogP contribution in [0.3, 0.4) is 0 Å². The molecule has 2 amide bonds. The third-order valence-electron chi connectivity index (χ3n) is 4.98. The Morgan fingerprint density at radius 1 is 1.30 bits per heavy atom. The summed E-state index contributed by atoms with van der Waals surface area (Å²) in [6.07, 6.45) is 6.86. The first-order chi connectivity index (χ1) is 11.1. The van der Waals surface area contributed by atoms with Gasteiger partial charge in [0, 0.05) is 24.9 Å². The van der Waals surface area contributed by atoms with Crippen LogP contribution in [0.25, 0.3) is 0 Å². The Morgan fingerprint density at radius 3 is 2.78 bits per heavy atom. The van der Waals surface area contributed by atoms with Crippen molar-refractivity contribution in [2.45, 2.75) is 58.4 Å². The van der Waals surface area contributed by atoms with Crippen LogP contribution in [0.2, 0.25) is 0 Å². The van der Waals surface area contributed by atoms with Gasteiger partial charge in [0.2, 0.25) is 5.91 Å². The highest BCUT2D eigenvalue weighted by molar-refractivity contribution is 7.14. The maximum absolute atomic E-state index is 12.9. The number of amides is 2. The molecule has 1 N–H and O–H groups in total. The fraction of sp³-hybridized carbons (Fsp3) is 0.667. The highest BCUT2D eigenvalue weighted by Gasteiger charge is 2.36. The fourth-order valence-electron chi connectivity index (χ4n) is 3.88. The van der Waals surface area contributed by atoms with Crippen LogP contribution in [-0.4, -0.2) is 35.8 Å². The summed E-state index contributed by atoms with van der Waals surface area (Å²) in [6, 6.07) is 2.22. The summed E-state index contributed by atoms with van der Waals surface area (Å²) in [5.41, 5.74) is 1.38. The summed E-state index contributed by atoms with van der Waals surface area (Å²) in [7, 11) is 0. The molecule has 2 atom stereocenters. The van der Waals surface area contributed by atoms with Gasteiger partial charge in [-0.15, -0.1) is 11.3 Å². The van der Waals surface area contributed by atoms with Gasteiger partial charge in [-0.25, -0.2) is 0 Å². The van der Waals surface area contributed by atoms with Crippen LogP contribution in [0.15, 0.2) is 6.07 Å². The Labute approximate surface area is 142 Å². The van der Waals surface area contributed by atoms with E-state index in [1.807, 2.05) is 4.90 Å². The SMILES string of the molecule is CCCC1CN(C(=O)c2cc3c(s2)CCCC3)CC1NC(C)=O.